The molecule has 0 bridgehead atoms. The number of benzene rings is 1. The summed E-state index contributed by atoms with van der Waals surface area (Å²) < 4.78 is 10.1. The maximum Gasteiger partial charge on any atom is 0.306 e. The zero-order chi connectivity index (χ0) is 21.5. The number of hydrogen-bond donors (Lipinski definition) is 0. The summed E-state index contributed by atoms with van der Waals surface area (Å²) in [4.78, 5) is 51.5. The van der Waals surface area contributed by atoms with Crippen LogP contribution in [0.3, 0.4) is 0 Å². The number of Topliss-reactive ketones (excluding diaryl/α,β-unsaturated/α-hetero) is 1. The maximum absolute atomic E-state index is 12.2. The monoisotopic (exact) mass is 432 g/mol. The first-order valence-corrected chi connectivity index (χ1v) is 9.87. The van der Waals surface area contributed by atoms with E-state index < -0.39 is 5.97 Å². The third-order valence-electron chi connectivity index (χ3n) is 4.73. The molecule has 1 aliphatic rings. The molecule has 0 radical (unpaired) electrons. The summed E-state index contributed by atoms with van der Waals surface area (Å²) in [5, 5.41) is 0.524. The van der Waals surface area contributed by atoms with Crippen molar-refractivity contribution >= 4 is 35.2 Å². The Labute approximate surface area is 178 Å². The number of nitrogens with zero attached hydrogens (tertiary/aromatic N) is 2. The molecule has 1 saturated heterocycles. The smallest absolute Gasteiger partial charge is 0.306 e. The van der Waals surface area contributed by atoms with Crippen LogP contribution in [0.15, 0.2) is 47.1 Å². The van der Waals surface area contributed by atoms with Gasteiger partial charge in [-0.15, -0.1) is 0 Å². The summed E-state index contributed by atoms with van der Waals surface area (Å²) in [6, 6.07) is 9.63. The van der Waals surface area contributed by atoms with Gasteiger partial charge in [-0.1, -0.05) is 11.6 Å². The first kappa shape index (κ1) is 21.6. The first-order chi connectivity index (χ1) is 14.4. The SMILES string of the molecule is O=C(CCC(=O)c1ccc(Cl)cc1)OCC(=O)N1CCN(C(=O)c2ccco2)CC1. The molecule has 158 valence electrons. The molecule has 9 heteroatoms. The Morgan fingerprint density at radius 3 is 2.23 bits per heavy atom. The summed E-state index contributed by atoms with van der Waals surface area (Å²) in [6.07, 6.45) is 1.31. The number of esters is 1. The molecule has 0 N–H and O–H groups in total. The Bertz CT molecular complexity index is 902. The normalized spacial score (nSPS) is 13.8. The fourth-order valence-electron chi connectivity index (χ4n) is 3.02. The van der Waals surface area contributed by atoms with Crippen LogP contribution < -0.4 is 0 Å². The van der Waals surface area contributed by atoms with Crippen LogP contribution in [-0.4, -0.2) is 66.2 Å². The molecule has 1 aromatic carbocycles. The average molecular weight is 433 g/mol. The van der Waals surface area contributed by atoms with Gasteiger partial charge in [-0.3, -0.25) is 19.2 Å². The fourth-order valence-corrected chi connectivity index (χ4v) is 3.14. The predicted octanol–water partition coefficient (Wildman–Crippen LogP) is 2.42. The van der Waals surface area contributed by atoms with Gasteiger partial charge in [0.1, 0.15) is 0 Å². The second-order valence-corrected chi connectivity index (χ2v) is 7.18. The number of amides is 2. The Hall–Kier alpha value is -3.13. The zero-order valence-corrected chi connectivity index (χ0v) is 17.0. The number of rotatable bonds is 7. The van der Waals surface area contributed by atoms with Gasteiger partial charge in [-0.25, -0.2) is 0 Å². The third-order valence-corrected chi connectivity index (χ3v) is 4.98. The highest BCUT2D eigenvalue weighted by Gasteiger charge is 2.26. The van der Waals surface area contributed by atoms with E-state index in [1.54, 1.807) is 41.3 Å². The van der Waals surface area contributed by atoms with E-state index in [4.69, 9.17) is 20.8 Å². The van der Waals surface area contributed by atoms with Gasteiger partial charge in [0.15, 0.2) is 18.2 Å². The van der Waals surface area contributed by atoms with Crippen molar-refractivity contribution in [2.75, 3.05) is 32.8 Å². The number of carbonyl (C=O) groups excluding carboxylic acids is 4. The molecular formula is C21H21ClN2O6. The summed E-state index contributed by atoms with van der Waals surface area (Å²) >= 11 is 5.78. The molecule has 0 atom stereocenters. The molecule has 1 aliphatic heterocycles. The molecule has 30 heavy (non-hydrogen) atoms. The van der Waals surface area contributed by atoms with Gasteiger partial charge >= 0.3 is 5.97 Å². The van der Waals surface area contributed by atoms with E-state index in [1.807, 2.05) is 0 Å². The molecule has 1 fully saturated rings. The molecule has 8 nitrogen and oxygen atoms in total. The van der Waals surface area contributed by atoms with E-state index in [-0.39, 0.29) is 42.8 Å². The number of hydrogen-bond acceptors (Lipinski definition) is 6. The standard InChI is InChI=1S/C21H21ClN2O6/c22-16-5-3-15(4-6-16)17(25)7-8-20(27)30-14-19(26)23-9-11-24(12-10-23)21(28)18-2-1-13-29-18/h1-6,13H,7-12,14H2. The number of ether oxygens (including phenoxy) is 1. The Kier molecular flexibility index (Phi) is 7.24. The minimum Gasteiger partial charge on any atom is -0.459 e. The average Bonchev–Trinajstić information content (AvgIpc) is 3.31. The third kappa shape index (κ3) is 5.70. The largest absolute Gasteiger partial charge is 0.459 e. The van der Waals surface area contributed by atoms with Crippen LogP contribution in [0.1, 0.15) is 33.8 Å². The van der Waals surface area contributed by atoms with Crippen molar-refractivity contribution in [2.24, 2.45) is 0 Å². The lowest BCUT2D eigenvalue weighted by molar-refractivity contribution is -0.152. The summed E-state index contributed by atoms with van der Waals surface area (Å²) in [6.45, 7) is 1.04. The summed E-state index contributed by atoms with van der Waals surface area (Å²) in [5.74, 6) is -1.11. The topological polar surface area (TPSA) is 97.1 Å². The first-order valence-electron chi connectivity index (χ1n) is 9.49. The lowest BCUT2D eigenvalue weighted by Gasteiger charge is -2.34. The maximum atomic E-state index is 12.2. The van der Waals surface area contributed by atoms with Gasteiger partial charge < -0.3 is 19.0 Å². The molecule has 0 unspecified atom stereocenters. The van der Waals surface area contributed by atoms with Gasteiger partial charge in [0.25, 0.3) is 11.8 Å². The minimum absolute atomic E-state index is 0.0117. The Morgan fingerprint density at radius 1 is 0.933 bits per heavy atom. The van der Waals surface area contributed by atoms with Gasteiger partial charge in [0, 0.05) is 43.2 Å². The lowest BCUT2D eigenvalue weighted by Crippen LogP contribution is -2.51. The van der Waals surface area contributed by atoms with Gasteiger partial charge in [0.2, 0.25) is 0 Å². The van der Waals surface area contributed by atoms with Gasteiger partial charge in [0.05, 0.1) is 12.7 Å². The van der Waals surface area contributed by atoms with E-state index in [2.05, 4.69) is 0 Å². The van der Waals surface area contributed by atoms with E-state index in [0.717, 1.165) is 0 Å². The fraction of sp³-hybridized carbons (Fsp3) is 0.333. The number of halogens is 1. The Morgan fingerprint density at radius 2 is 1.60 bits per heavy atom. The number of ketones is 1. The predicted molar refractivity (Wildman–Crippen MR) is 107 cm³/mol. The number of furan rings is 1. The van der Waals surface area contributed by atoms with Crippen molar-refractivity contribution in [2.45, 2.75) is 12.8 Å². The van der Waals surface area contributed by atoms with Crippen molar-refractivity contribution in [1.29, 1.82) is 0 Å². The number of piperazine rings is 1. The van der Waals surface area contributed by atoms with Crippen molar-refractivity contribution in [1.82, 2.24) is 9.80 Å². The van der Waals surface area contributed by atoms with E-state index >= 15 is 0 Å². The zero-order valence-electron chi connectivity index (χ0n) is 16.2. The van der Waals surface area contributed by atoms with Crippen LogP contribution in [0.4, 0.5) is 0 Å². The van der Waals surface area contributed by atoms with Crippen molar-refractivity contribution < 1.29 is 28.3 Å². The quantitative estimate of drug-likeness (QED) is 0.492. The molecule has 2 heterocycles. The second-order valence-electron chi connectivity index (χ2n) is 6.74. The Balaban J connectivity index is 1.36. The van der Waals surface area contributed by atoms with Crippen molar-refractivity contribution in [3.05, 3.63) is 59.0 Å². The molecule has 1 aromatic heterocycles. The highest BCUT2D eigenvalue weighted by molar-refractivity contribution is 6.30. The van der Waals surface area contributed by atoms with Gasteiger partial charge in [-0.2, -0.15) is 0 Å². The summed E-state index contributed by atoms with van der Waals surface area (Å²) in [7, 11) is 0. The molecule has 3 rings (SSSR count). The van der Waals surface area contributed by atoms with Crippen LogP contribution in [0.25, 0.3) is 0 Å². The molecule has 0 saturated carbocycles. The molecular weight excluding hydrogens is 412 g/mol. The van der Waals surface area contributed by atoms with E-state index in [0.29, 0.717) is 36.8 Å². The van der Waals surface area contributed by atoms with Crippen LogP contribution in [0.5, 0.6) is 0 Å². The van der Waals surface area contributed by atoms with Crippen molar-refractivity contribution in [3.63, 3.8) is 0 Å². The van der Waals surface area contributed by atoms with Crippen molar-refractivity contribution in [3.8, 4) is 0 Å². The van der Waals surface area contributed by atoms with E-state index in [9.17, 15) is 19.2 Å². The van der Waals surface area contributed by atoms with Crippen LogP contribution in [-0.2, 0) is 14.3 Å². The molecule has 2 aromatic rings. The van der Waals surface area contributed by atoms with Gasteiger partial charge in [-0.05, 0) is 36.4 Å². The van der Waals surface area contributed by atoms with Crippen LogP contribution in [0.2, 0.25) is 5.02 Å². The highest BCUT2D eigenvalue weighted by Crippen LogP contribution is 2.13. The summed E-state index contributed by atoms with van der Waals surface area (Å²) in [5.41, 5.74) is 0.463. The number of carbonyl (C=O) groups is 4. The highest BCUT2D eigenvalue weighted by atomic mass is 35.5. The molecule has 0 spiro atoms. The lowest BCUT2D eigenvalue weighted by atomic mass is 10.1. The minimum atomic E-state index is -0.614. The van der Waals surface area contributed by atoms with E-state index in [1.165, 1.54) is 11.2 Å². The second kappa shape index (κ2) is 10.1. The van der Waals surface area contributed by atoms with Crippen LogP contribution >= 0.6 is 11.6 Å². The van der Waals surface area contributed by atoms with Crippen LogP contribution in [0, 0.1) is 0 Å². The molecule has 2 amide bonds. The molecule has 0 aliphatic carbocycles.